The smallest absolute Gasteiger partial charge is 0.407 e. The zero-order chi connectivity index (χ0) is 33.1. The Bertz CT molecular complexity index is 1620. The molecule has 2 aliphatic heterocycles. The second-order valence-electron chi connectivity index (χ2n) is 14.1. The van der Waals surface area contributed by atoms with Crippen LogP contribution in [0.2, 0.25) is 0 Å². The molecule has 0 spiro atoms. The maximum atomic E-state index is 14.3. The van der Waals surface area contributed by atoms with Gasteiger partial charge in [0, 0.05) is 29.5 Å². The van der Waals surface area contributed by atoms with Gasteiger partial charge in [0.1, 0.15) is 29.7 Å². The van der Waals surface area contributed by atoms with Crippen molar-refractivity contribution >= 4 is 28.8 Å². The van der Waals surface area contributed by atoms with Crippen molar-refractivity contribution in [1.82, 2.24) is 15.2 Å². The zero-order valence-electron chi connectivity index (χ0n) is 27.6. The maximum Gasteiger partial charge on any atom is 0.407 e. The summed E-state index contributed by atoms with van der Waals surface area (Å²) >= 11 is 0. The molecule has 0 radical (unpaired) electrons. The molecule has 1 aromatic heterocycles. The van der Waals surface area contributed by atoms with Gasteiger partial charge in [-0.05, 0) is 55.1 Å². The fourth-order valence-electron chi connectivity index (χ4n) is 7.37. The van der Waals surface area contributed by atoms with Crippen LogP contribution in [0.4, 0.5) is 4.79 Å². The summed E-state index contributed by atoms with van der Waals surface area (Å²) in [7, 11) is 1.66. The predicted molar refractivity (Wildman–Crippen MR) is 179 cm³/mol. The van der Waals surface area contributed by atoms with Crippen LogP contribution in [-0.4, -0.2) is 66.2 Å². The van der Waals surface area contributed by atoms with Gasteiger partial charge in [0.05, 0.1) is 31.5 Å². The van der Waals surface area contributed by atoms with E-state index in [1.54, 1.807) is 7.11 Å². The summed E-state index contributed by atoms with van der Waals surface area (Å²) in [5.41, 5.74) is 9.02. The van der Waals surface area contributed by atoms with E-state index in [9.17, 15) is 14.4 Å². The van der Waals surface area contributed by atoms with Gasteiger partial charge < -0.3 is 30.2 Å². The molecule has 1 saturated heterocycles. The molecule has 4 bridgehead atoms. The van der Waals surface area contributed by atoms with E-state index in [0.717, 1.165) is 84.8 Å². The summed E-state index contributed by atoms with van der Waals surface area (Å²) < 4.78 is 18.3. The Morgan fingerprint density at radius 1 is 1.06 bits per heavy atom. The molecule has 2 aromatic carbocycles. The first-order valence-electron chi connectivity index (χ1n) is 16.9. The first-order chi connectivity index (χ1) is 22.6. The van der Waals surface area contributed by atoms with E-state index in [2.05, 4.69) is 25.2 Å². The molecular weight excluding hydrogens is 596 g/mol. The Hall–Kier alpha value is -4.34. The van der Waals surface area contributed by atoms with Crippen LogP contribution in [0.3, 0.4) is 0 Å². The molecule has 3 amide bonds. The molecule has 3 N–H and O–H groups in total. The number of carbonyl (C=O) groups is 3. The minimum atomic E-state index is -0.866. The van der Waals surface area contributed by atoms with Crippen LogP contribution in [-0.2, 0) is 20.7 Å². The second-order valence-corrected chi connectivity index (χ2v) is 14.1. The number of hydrogen-bond donors (Lipinski definition) is 2. The van der Waals surface area contributed by atoms with Crippen LogP contribution in [0.5, 0.6) is 11.5 Å². The average molecular weight is 643 g/mol. The maximum absolute atomic E-state index is 14.3. The topological polar surface area (TPSA) is 133 Å². The van der Waals surface area contributed by atoms with Crippen LogP contribution in [0.1, 0.15) is 70.8 Å². The molecule has 2 fully saturated rings. The van der Waals surface area contributed by atoms with Crippen molar-refractivity contribution in [2.75, 3.05) is 20.3 Å². The highest BCUT2D eigenvalue weighted by atomic mass is 16.5. The van der Waals surface area contributed by atoms with Crippen LogP contribution >= 0.6 is 0 Å². The Balaban J connectivity index is 1.43. The number of nitrogens with two attached hydrogens (primary N) is 1. The van der Waals surface area contributed by atoms with Gasteiger partial charge in [-0.2, -0.15) is 0 Å². The summed E-state index contributed by atoms with van der Waals surface area (Å²) in [6, 6.07) is 14.2. The molecule has 10 nitrogen and oxygen atoms in total. The third-order valence-electron chi connectivity index (χ3n) is 9.96. The number of aromatic nitrogens is 1. The van der Waals surface area contributed by atoms with Crippen molar-refractivity contribution in [2.45, 2.75) is 89.8 Å². The van der Waals surface area contributed by atoms with Crippen molar-refractivity contribution in [2.24, 2.45) is 17.1 Å². The van der Waals surface area contributed by atoms with Crippen LogP contribution in [0.25, 0.3) is 22.2 Å². The van der Waals surface area contributed by atoms with Crippen molar-refractivity contribution < 1.29 is 28.6 Å². The van der Waals surface area contributed by atoms with Gasteiger partial charge in [-0.25, -0.2) is 9.78 Å². The van der Waals surface area contributed by atoms with Crippen molar-refractivity contribution in [3.05, 3.63) is 54.1 Å². The lowest BCUT2D eigenvalue weighted by Crippen LogP contribution is -2.56. The standard InChI is InChI=1S/C37H46N4O6/c1-37(2)16-10-15-25-17-27-29(20-31(25)45-3)39-28(23-11-6-4-7-12-23)19-32(27)47-26-18-30(34(38)42)41(21-26)35(43)33(40-36(44)46-22-37)24-13-8-5-9-14-24/h4,6-7,11-12,17,19-20,24,26,30,33H,5,8-10,13-16,18,21-22H2,1-3H3,(H2,38,42)(H,40,44)/t26-,30+,33+/m1/s1. The molecule has 6 rings (SSSR count). The van der Waals surface area contributed by atoms with Gasteiger partial charge in [0.15, 0.2) is 0 Å². The van der Waals surface area contributed by atoms with Gasteiger partial charge in [-0.1, -0.05) is 63.4 Å². The first-order valence-corrected chi connectivity index (χ1v) is 16.9. The van der Waals surface area contributed by atoms with Gasteiger partial charge >= 0.3 is 6.09 Å². The van der Waals surface area contributed by atoms with Gasteiger partial charge in [-0.3, -0.25) is 9.59 Å². The number of rotatable bonds is 4. The number of benzene rings is 2. The molecule has 3 atom stereocenters. The largest absolute Gasteiger partial charge is 0.496 e. The number of cyclic esters (lactones) is 1. The number of ether oxygens (including phenoxy) is 3. The summed E-state index contributed by atoms with van der Waals surface area (Å²) in [5.74, 6) is 0.387. The Morgan fingerprint density at radius 3 is 2.55 bits per heavy atom. The van der Waals surface area contributed by atoms with E-state index in [-0.39, 0.29) is 36.8 Å². The number of amides is 3. The van der Waals surface area contributed by atoms with E-state index in [1.807, 2.05) is 42.5 Å². The molecule has 10 heteroatoms. The third-order valence-corrected chi connectivity index (χ3v) is 9.96. The highest BCUT2D eigenvalue weighted by molar-refractivity contribution is 5.92. The number of primary amides is 1. The summed E-state index contributed by atoms with van der Waals surface area (Å²) in [6.07, 6.45) is 6.19. The number of methoxy groups -OCH3 is 1. The van der Waals surface area contributed by atoms with E-state index >= 15 is 0 Å². The number of hydrogen-bond acceptors (Lipinski definition) is 7. The molecule has 3 aliphatic rings. The fraction of sp³-hybridized carbons (Fsp3) is 0.514. The zero-order valence-corrected chi connectivity index (χ0v) is 27.6. The lowest BCUT2D eigenvalue weighted by molar-refractivity contribution is -0.140. The van der Waals surface area contributed by atoms with Gasteiger partial charge in [0.25, 0.3) is 0 Å². The SMILES string of the molecule is COc1cc2nc(-c3ccccc3)cc3c2cc1CCCC(C)(C)COC(=O)N[C@@H](C1CCCCC1)C(=O)N1C[C@@H](C[C@H]1C(N)=O)O3. The highest BCUT2D eigenvalue weighted by Crippen LogP contribution is 2.38. The molecule has 47 heavy (non-hydrogen) atoms. The minimum Gasteiger partial charge on any atom is -0.496 e. The highest BCUT2D eigenvalue weighted by Gasteiger charge is 2.44. The molecule has 1 aliphatic carbocycles. The number of aryl methyl sites for hydroxylation is 1. The normalized spacial score (nSPS) is 24.1. The van der Waals surface area contributed by atoms with Crippen molar-refractivity contribution in [3.8, 4) is 22.8 Å². The van der Waals surface area contributed by atoms with Crippen LogP contribution < -0.4 is 20.5 Å². The van der Waals surface area contributed by atoms with Gasteiger partial charge in [0.2, 0.25) is 11.8 Å². The van der Waals surface area contributed by atoms with Crippen LogP contribution in [0, 0.1) is 11.3 Å². The summed E-state index contributed by atoms with van der Waals surface area (Å²) in [6.45, 7) is 4.51. The number of pyridine rings is 1. The molecule has 1 saturated carbocycles. The minimum absolute atomic E-state index is 0.0538. The molecule has 250 valence electrons. The first kappa shape index (κ1) is 32.6. The lowest BCUT2D eigenvalue weighted by atomic mass is 9.83. The average Bonchev–Trinajstić information content (AvgIpc) is 3.50. The predicted octanol–water partition coefficient (Wildman–Crippen LogP) is 5.78. The van der Waals surface area contributed by atoms with Crippen molar-refractivity contribution in [3.63, 3.8) is 0 Å². The van der Waals surface area contributed by atoms with E-state index in [0.29, 0.717) is 5.75 Å². The quantitative estimate of drug-likeness (QED) is 0.369. The van der Waals surface area contributed by atoms with E-state index in [4.69, 9.17) is 24.9 Å². The monoisotopic (exact) mass is 642 g/mol. The lowest BCUT2D eigenvalue weighted by Gasteiger charge is -2.34. The Morgan fingerprint density at radius 2 is 1.83 bits per heavy atom. The number of fused-ring (bicyclic) bond motifs is 3. The molecular formula is C37H46N4O6. The van der Waals surface area contributed by atoms with E-state index in [1.165, 1.54) is 4.90 Å². The van der Waals surface area contributed by atoms with E-state index < -0.39 is 30.2 Å². The molecule has 3 heterocycles. The summed E-state index contributed by atoms with van der Waals surface area (Å²) in [5, 5.41) is 3.74. The molecule has 3 aromatic rings. The second kappa shape index (κ2) is 13.8. The Labute approximate surface area is 276 Å². The Kier molecular flexibility index (Phi) is 9.57. The van der Waals surface area contributed by atoms with Gasteiger partial charge in [-0.15, -0.1) is 0 Å². The number of alkyl carbamates (subject to hydrolysis) is 1. The van der Waals surface area contributed by atoms with Crippen LogP contribution in [0.15, 0.2) is 48.5 Å². The summed E-state index contributed by atoms with van der Waals surface area (Å²) in [4.78, 5) is 46.8. The third kappa shape index (κ3) is 7.31. The number of nitrogens with one attached hydrogen (secondary N) is 1. The number of carbonyl (C=O) groups excluding carboxylic acids is 3. The fourth-order valence-corrected chi connectivity index (χ4v) is 7.37. The van der Waals surface area contributed by atoms with Crippen molar-refractivity contribution in [1.29, 1.82) is 0 Å². The molecule has 0 unspecified atom stereocenters. The number of nitrogens with zero attached hydrogens (tertiary/aromatic N) is 2.